The molecule has 0 aliphatic heterocycles. The molecule has 0 aromatic carbocycles. The third kappa shape index (κ3) is 6.59. The second-order valence-electron chi connectivity index (χ2n) is 5.73. The van der Waals surface area contributed by atoms with E-state index in [1.54, 1.807) is 18.3 Å². The first-order valence-electron chi connectivity index (χ1n) is 7.89. The molecule has 0 radical (unpaired) electrons. The van der Waals surface area contributed by atoms with Gasteiger partial charge in [0.2, 0.25) is 11.8 Å². The molecule has 2 aromatic rings. The van der Waals surface area contributed by atoms with Crippen LogP contribution in [-0.4, -0.2) is 34.8 Å². The van der Waals surface area contributed by atoms with Crippen molar-refractivity contribution >= 4 is 17.5 Å². The molecule has 0 unspecified atom stereocenters. The Kier molecular flexibility index (Phi) is 6.84. The molecule has 2 aromatic heterocycles. The van der Waals surface area contributed by atoms with Gasteiger partial charge < -0.3 is 14.8 Å². The summed E-state index contributed by atoms with van der Waals surface area (Å²) >= 11 is 5.84. The summed E-state index contributed by atoms with van der Waals surface area (Å²) in [5, 5.41) is 2.46. The van der Waals surface area contributed by atoms with Crippen molar-refractivity contribution in [1.29, 1.82) is 0 Å². The Morgan fingerprint density at radius 1 is 1.30 bits per heavy atom. The first-order chi connectivity index (χ1) is 12.7. The molecule has 0 aliphatic rings. The molecule has 0 fully saturated rings. The van der Waals surface area contributed by atoms with Crippen LogP contribution < -0.4 is 14.8 Å². The van der Waals surface area contributed by atoms with E-state index >= 15 is 0 Å². The van der Waals surface area contributed by atoms with Crippen LogP contribution in [0.4, 0.5) is 13.2 Å². The first kappa shape index (κ1) is 20.8. The van der Waals surface area contributed by atoms with Crippen molar-refractivity contribution in [2.75, 3.05) is 6.61 Å². The van der Waals surface area contributed by atoms with Crippen LogP contribution >= 0.6 is 11.6 Å². The lowest BCUT2D eigenvalue weighted by Gasteiger charge is -2.13. The number of hydrogen-bond acceptors (Lipinski definition) is 5. The van der Waals surface area contributed by atoms with Gasteiger partial charge in [-0.05, 0) is 26.0 Å². The largest absolute Gasteiger partial charge is 0.475 e. The van der Waals surface area contributed by atoms with Gasteiger partial charge in [0, 0.05) is 24.5 Å². The van der Waals surface area contributed by atoms with Crippen molar-refractivity contribution in [3.8, 4) is 11.8 Å². The number of ether oxygens (including phenoxy) is 2. The van der Waals surface area contributed by atoms with Crippen LogP contribution in [0.2, 0.25) is 5.02 Å². The SMILES string of the molecule is CC(C)Oc1ncccc1CNC(=O)c1cnc(OCC(F)(F)F)c(Cl)c1. The summed E-state index contributed by atoms with van der Waals surface area (Å²) < 4.78 is 46.6. The molecule has 2 heterocycles. The molecule has 146 valence electrons. The average Bonchev–Trinajstić information content (AvgIpc) is 2.58. The Bertz CT molecular complexity index is 800. The van der Waals surface area contributed by atoms with Crippen LogP contribution in [0.15, 0.2) is 30.6 Å². The van der Waals surface area contributed by atoms with Crippen LogP contribution in [-0.2, 0) is 6.54 Å². The van der Waals surface area contributed by atoms with E-state index in [0.29, 0.717) is 11.4 Å². The molecular weight excluding hydrogens is 387 g/mol. The number of nitrogens with one attached hydrogen (secondary N) is 1. The lowest BCUT2D eigenvalue weighted by atomic mass is 10.2. The second kappa shape index (κ2) is 8.90. The Hall–Kier alpha value is -2.55. The molecule has 0 atom stereocenters. The van der Waals surface area contributed by atoms with Gasteiger partial charge in [-0.25, -0.2) is 9.97 Å². The van der Waals surface area contributed by atoms with Gasteiger partial charge in [-0.1, -0.05) is 17.7 Å². The Morgan fingerprint density at radius 3 is 2.67 bits per heavy atom. The van der Waals surface area contributed by atoms with E-state index < -0.39 is 24.6 Å². The highest BCUT2D eigenvalue weighted by atomic mass is 35.5. The standard InChI is InChI=1S/C17H17ClF3N3O3/c1-10(2)27-15-11(4-3-5-22-15)7-23-14(25)12-6-13(18)16(24-8-12)26-9-17(19,20)21/h3-6,8,10H,7,9H2,1-2H3,(H,23,25). The van der Waals surface area contributed by atoms with Gasteiger partial charge in [-0.3, -0.25) is 4.79 Å². The maximum absolute atomic E-state index is 12.2. The van der Waals surface area contributed by atoms with Crippen molar-refractivity contribution in [3.05, 3.63) is 46.7 Å². The number of alkyl halides is 3. The van der Waals surface area contributed by atoms with E-state index in [4.69, 9.17) is 16.3 Å². The van der Waals surface area contributed by atoms with Gasteiger partial charge >= 0.3 is 6.18 Å². The summed E-state index contributed by atoms with van der Waals surface area (Å²) in [5.41, 5.74) is 0.748. The number of halogens is 4. The number of carbonyl (C=O) groups excluding carboxylic acids is 1. The predicted molar refractivity (Wildman–Crippen MR) is 92.0 cm³/mol. The number of pyridine rings is 2. The van der Waals surface area contributed by atoms with E-state index in [1.165, 1.54) is 6.07 Å². The highest BCUT2D eigenvalue weighted by Crippen LogP contribution is 2.25. The fourth-order valence-corrected chi connectivity index (χ4v) is 2.19. The summed E-state index contributed by atoms with van der Waals surface area (Å²) in [6.45, 7) is 2.32. The summed E-state index contributed by atoms with van der Waals surface area (Å²) in [5.74, 6) is -0.503. The van der Waals surface area contributed by atoms with Crippen LogP contribution in [0.25, 0.3) is 0 Å². The van der Waals surface area contributed by atoms with E-state index in [2.05, 4.69) is 20.0 Å². The maximum atomic E-state index is 12.2. The van der Waals surface area contributed by atoms with Gasteiger partial charge in [-0.15, -0.1) is 0 Å². The average molecular weight is 404 g/mol. The smallest absolute Gasteiger partial charge is 0.422 e. The first-order valence-corrected chi connectivity index (χ1v) is 8.27. The molecule has 2 rings (SSSR count). The fourth-order valence-electron chi connectivity index (χ4n) is 1.97. The predicted octanol–water partition coefficient (Wildman–Crippen LogP) is 3.79. The summed E-state index contributed by atoms with van der Waals surface area (Å²) in [4.78, 5) is 20.0. The highest BCUT2D eigenvalue weighted by Gasteiger charge is 2.29. The van der Waals surface area contributed by atoms with Crippen molar-refractivity contribution in [2.24, 2.45) is 0 Å². The molecule has 0 saturated carbocycles. The number of carbonyl (C=O) groups is 1. The van der Waals surface area contributed by atoms with Gasteiger partial charge in [-0.2, -0.15) is 13.2 Å². The van der Waals surface area contributed by atoms with E-state index in [9.17, 15) is 18.0 Å². The van der Waals surface area contributed by atoms with E-state index in [0.717, 1.165) is 6.20 Å². The monoisotopic (exact) mass is 403 g/mol. The molecule has 0 spiro atoms. The summed E-state index contributed by atoms with van der Waals surface area (Å²) in [6, 6.07) is 4.65. The minimum Gasteiger partial charge on any atom is -0.475 e. The third-order valence-electron chi connectivity index (χ3n) is 3.08. The molecule has 0 saturated heterocycles. The van der Waals surface area contributed by atoms with Gasteiger partial charge in [0.05, 0.1) is 11.7 Å². The molecule has 0 bridgehead atoms. The lowest BCUT2D eigenvalue weighted by Crippen LogP contribution is -2.24. The van der Waals surface area contributed by atoms with Gasteiger partial charge in [0.25, 0.3) is 5.91 Å². The highest BCUT2D eigenvalue weighted by molar-refractivity contribution is 6.32. The molecule has 1 amide bonds. The number of hydrogen-bond donors (Lipinski definition) is 1. The van der Waals surface area contributed by atoms with Gasteiger partial charge in [0.1, 0.15) is 5.02 Å². The normalized spacial score (nSPS) is 11.4. The summed E-state index contributed by atoms with van der Waals surface area (Å²) in [6.07, 6.45) is -1.93. The zero-order chi connectivity index (χ0) is 20.0. The van der Waals surface area contributed by atoms with E-state index in [-0.39, 0.29) is 23.2 Å². The Morgan fingerprint density at radius 2 is 2.04 bits per heavy atom. The Balaban J connectivity index is 2.02. The van der Waals surface area contributed by atoms with Crippen LogP contribution in [0.5, 0.6) is 11.8 Å². The third-order valence-corrected chi connectivity index (χ3v) is 3.35. The minimum atomic E-state index is -4.51. The second-order valence-corrected chi connectivity index (χ2v) is 6.14. The number of aromatic nitrogens is 2. The molecule has 27 heavy (non-hydrogen) atoms. The van der Waals surface area contributed by atoms with Crippen LogP contribution in [0, 0.1) is 0 Å². The zero-order valence-electron chi connectivity index (χ0n) is 14.5. The minimum absolute atomic E-state index is 0.0783. The zero-order valence-corrected chi connectivity index (χ0v) is 15.3. The van der Waals surface area contributed by atoms with Crippen molar-refractivity contribution < 1.29 is 27.4 Å². The number of rotatable bonds is 7. The topological polar surface area (TPSA) is 73.3 Å². The number of amides is 1. The summed E-state index contributed by atoms with van der Waals surface area (Å²) in [7, 11) is 0. The van der Waals surface area contributed by atoms with Crippen molar-refractivity contribution in [1.82, 2.24) is 15.3 Å². The van der Waals surface area contributed by atoms with Crippen LogP contribution in [0.1, 0.15) is 29.8 Å². The van der Waals surface area contributed by atoms with Crippen LogP contribution in [0.3, 0.4) is 0 Å². The van der Waals surface area contributed by atoms with Crippen molar-refractivity contribution in [3.63, 3.8) is 0 Å². The van der Waals surface area contributed by atoms with Crippen molar-refractivity contribution in [2.45, 2.75) is 32.7 Å². The Labute approximate surface area is 158 Å². The molecule has 6 nitrogen and oxygen atoms in total. The van der Waals surface area contributed by atoms with Gasteiger partial charge in [0.15, 0.2) is 6.61 Å². The molecule has 10 heteroatoms. The molecular formula is C17H17ClF3N3O3. The lowest BCUT2D eigenvalue weighted by molar-refractivity contribution is -0.154. The maximum Gasteiger partial charge on any atom is 0.422 e. The molecule has 1 N–H and O–H groups in total. The van der Waals surface area contributed by atoms with E-state index in [1.807, 2.05) is 13.8 Å². The molecule has 0 aliphatic carbocycles. The quantitative estimate of drug-likeness (QED) is 0.761. The fraction of sp³-hybridized carbons (Fsp3) is 0.353. The number of nitrogens with zero attached hydrogens (tertiary/aromatic N) is 2.